The van der Waals surface area contributed by atoms with Crippen LogP contribution in [0.2, 0.25) is 0 Å². The molecule has 1 nitrogen and oxygen atoms in total. The molecule has 0 amide bonds. The fourth-order valence-electron chi connectivity index (χ4n) is 4.29. The lowest BCUT2D eigenvalue weighted by Crippen LogP contribution is -2.33. The monoisotopic (exact) mass is 276 g/mol. The van der Waals surface area contributed by atoms with E-state index in [0.717, 1.165) is 5.56 Å². The summed E-state index contributed by atoms with van der Waals surface area (Å²) in [6.45, 7) is 0. The zero-order valence-corrected chi connectivity index (χ0v) is 10.5. The summed E-state index contributed by atoms with van der Waals surface area (Å²) in [5, 5.41) is 0. The first kappa shape index (κ1) is 9.41. The number of benzene rings is 1. The van der Waals surface area contributed by atoms with Gasteiger partial charge in [-0.15, -0.1) is 0 Å². The first-order valence-corrected chi connectivity index (χ1v) is 6.85. The Kier molecular flexibility index (Phi) is 1.64. The van der Waals surface area contributed by atoms with E-state index in [-0.39, 0.29) is 10.2 Å². The third-order valence-electron chi connectivity index (χ3n) is 4.88. The number of ketones is 1. The molecule has 3 aliphatic carbocycles. The molecule has 1 aromatic carbocycles. The maximum absolute atomic E-state index is 12.4. The van der Waals surface area contributed by atoms with Gasteiger partial charge in [0.1, 0.15) is 0 Å². The average Bonchev–Trinajstić information content (AvgIpc) is 2.92. The highest BCUT2D eigenvalue weighted by atomic mass is 79.9. The van der Waals surface area contributed by atoms with Gasteiger partial charge in [-0.2, -0.15) is 0 Å². The van der Waals surface area contributed by atoms with Gasteiger partial charge in [0, 0.05) is 11.5 Å². The van der Waals surface area contributed by atoms with E-state index < -0.39 is 0 Å². The molecule has 0 heterocycles. The number of rotatable bonds is 0. The van der Waals surface area contributed by atoms with Crippen LogP contribution in [0, 0.1) is 17.8 Å². The van der Waals surface area contributed by atoms with Crippen LogP contribution in [0.25, 0.3) is 0 Å². The fourth-order valence-corrected chi connectivity index (χ4v) is 5.63. The predicted octanol–water partition coefficient (Wildman–Crippen LogP) is 3.52. The Hall–Kier alpha value is -0.630. The summed E-state index contributed by atoms with van der Waals surface area (Å²) >= 11 is 3.95. The molecular formula is C14H13BrO. The van der Waals surface area contributed by atoms with Crippen LogP contribution >= 0.6 is 15.9 Å². The molecule has 2 fully saturated rings. The van der Waals surface area contributed by atoms with Gasteiger partial charge in [0.2, 0.25) is 0 Å². The normalized spacial score (nSPS) is 43.6. The van der Waals surface area contributed by atoms with E-state index in [4.69, 9.17) is 0 Å². The number of halogens is 1. The SMILES string of the molecule is O=C1c2ccccc2[C@@]2(Br)[C@H]3CC[C@@H](C3)[C@H]12. The Labute approximate surface area is 103 Å². The number of hydrogen-bond acceptors (Lipinski definition) is 1. The van der Waals surface area contributed by atoms with Gasteiger partial charge in [-0.3, -0.25) is 4.79 Å². The van der Waals surface area contributed by atoms with Gasteiger partial charge >= 0.3 is 0 Å². The van der Waals surface area contributed by atoms with Gasteiger partial charge in [-0.1, -0.05) is 40.2 Å². The smallest absolute Gasteiger partial charge is 0.168 e. The Bertz CT molecular complexity index is 495. The highest BCUT2D eigenvalue weighted by Gasteiger charge is 2.64. The van der Waals surface area contributed by atoms with Gasteiger partial charge in [0.15, 0.2) is 5.78 Å². The third kappa shape index (κ3) is 0.839. The minimum Gasteiger partial charge on any atom is -0.294 e. The molecule has 3 aliphatic rings. The van der Waals surface area contributed by atoms with Crippen LogP contribution in [-0.2, 0) is 4.32 Å². The van der Waals surface area contributed by atoms with Crippen molar-refractivity contribution in [1.82, 2.24) is 0 Å². The number of alkyl halides is 1. The molecule has 0 N–H and O–H groups in total. The van der Waals surface area contributed by atoms with Gasteiger partial charge in [-0.05, 0) is 36.7 Å². The summed E-state index contributed by atoms with van der Waals surface area (Å²) in [6.07, 6.45) is 3.78. The molecular weight excluding hydrogens is 264 g/mol. The second-order valence-corrected chi connectivity index (χ2v) is 6.74. The van der Waals surface area contributed by atoms with Crippen LogP contribution < -0.4 is 0 Å². The Balaban J connectivity index is 2.00. The van der Waals surface area contributed by atoms with E-state index >= 15 is 0 Å². The van der Waals surface area contributed by atoms with Crippen molar-refractivity contribution < 1.29 is 4.79 Å². The lowest BCUT2D eigenvalue weighted by atomic mass is 9.79. The van der Waals surface area contributed by atoms with Gasteiger partial charge in [0.25, 0.3) is 0 Å². The summed E-state index contributed by atoms with van der Waals surface area (Å²) in [7, 11) is 0. The summed E-state index contributed by atoms with van der Waals surface area (Å²) in [5.74, 6) is 1.92. The molecule has 0 aromatic heterocycles. The highest BCUT2D eigenvalue weighted by Crippen LogP contribution is 2.67. The maximum Gasteiger partial charge on any atom is 0.168 e. The molecule has 2 bridgehead atoms. The van der Waals surface area contributed by atoms with Gasteiger partial charge in [0.05, 0.1) is 4.32 Å². The lowest BCUT2D eigenvalue weighted by Gasteiger charge is -2.33. The molecule has 0 spiro atoms. The fraction of sp³-hybridized carbons (Fsp3) is 0.500. The van der Waals surface area contributed by atoms with E-state index in [9.17, 15) is 4.79 Å². The van der Waals surface area contributed by atoms with E-state index in [1.165, 1.54) is 24.8 Å². The maximum atomic E-state index is 12.4. The van der Waals surface area contributed by atoms with Crippen LogP contribution in [0.5, 0.6) is 0 Å². The standard InChI is InChI=1S/C14H13BrO/c15-14-9-6-5-8(7-9)12(14)13(16)10-3-1-2-4-11(10)14/h1-4,8-9,12H,5-7H2/t8-,9-,12+,14-/m0/s1. The summed E-state index contributed by atoms with van der Waals surface area (Å²) in [6, 6.07) is 8.18. The Morgan fingerprint density at radius 1 is 1.25 bits per heavy atom. The zero-order valence-electron chi connectivity index (χ0n) is 8.95. The van der Waals surface area contributed by atoms with Gasteiger partial charge < -0.3 is 0 Å². The van der Waals surface area contributed by atoms with Crippen molar-refractivity contribution in [2.45, 2.75) is 23.6 Å². The first-order valence-electron chi connectivity index (χ1n) is 6.05. The number of hydrogen-bond donors (Lipinski definition) is 0. The molecule has 4 atom stereocenters. The minimum absolute atomic E-state index is 0.0103. The van der Waals surface area contributed by atoms with E-state index in [0.29, 0.717) is 17.6 Å². The third-order valence-corrected chi connectivity index (χ3v) is 6.45. The quantitative estimate of drug-likeness (QED) is 0.663. The number of carbonyl (C=O) groups is 1. The number of Topliss-reactive ketones (excluding diaryl/α,β-unsaturated/α-hetero) is 1. The molecule has 2 heteroatoms. The van der Waals surface area contributed by atoms with Crippen molar-refractivity contribution in [2.24, 2.45) is 17.8 Å². The van der Waals surface area contributed by atoms with Crippen LogP contribution in [0.1, 0.15) is 35.2 Å². The lowest BCUT2D eigenvalue weighted by molar-refractivity contribution is 0.0873. The number of fused-ring (bicyclic) bond motifs is 7. The predicted molar refractivity (Wildman–Crippen MR) is 65.7 cm³/mol. The molecule has 16 heavy (non-hydrogen) atoms. The molecule has 2 saturated carbocycles. The van der Waals surface area contributed by atoms with E-state index in [1.54, 1.807) is 0 Å². The number of carbonyl (C=O) groups excluding carboxylic acids is 1. The molecule has 1 aromatic rings. The van der Waals surface area contributed by atoms with Crippen molar-refractivity contribution in [3.05, 3.63) is 35.4 Å². The summed E-state index contributed by atoms with van der Waals surface area (Å²) < 4.78 is -0.0103. The highest BCUT2D eigenvalue weighted by molar-refractivity contribution is 9.09. The Morgan fingerprint density at radius 3 is 2.94 bits per heavy atom. The summed E-state index contributed by atoms with van der Waals surface area (Å²) in [5.41, 5.74) is 2.23. The topological polar surface area (TPSA) is 17.1 Å². The molecule has 0 unspecified atom stereocenters. The second-order valence-electron chi connectivity index (χ2n) is 5.43. The van der Waals surface area contributed by atoms with Crippen molar-refractivity contribution in [3.63, 3.8) is 0 Å². The van der Waals surface area contributed by atoms with Crippen LogP contribution in [0.15, 0.2) is 24.3 Å². The summed E-state index contributed by atoms with van der Waals surface area (Å²) in [4.78, 5) is 12.4. The van der Waals surface area contributed by atoms with Gasteiger partial charge in [-0.25, -0.2) is 0 Å². The van der Waals surface area contributed by atoms with Crippen LogP contribution in [0.4, 0.5) is 0 Å². The van der Waals surface area contributed by atoms with E-state index in [1.807, 2.05) is 12.1 Å². The van der Waals surface area contributed by atoms with Crippen molar-refractivity contribution in [1.29, 1.82) is 0 Å². The average molecular weight is 277 g/mol. The van der Waals surface area contributed by atoms with E-state index in [2.05, 4.69) is 28.1 Å². The zero-order chi connectivity index (χ0) is 10.9. The van der Waals surface area contributed by atoms with Crippen LogP contribution in [0.3, 0.4) is 0 Å². The van der Waals surface area contributed by atoms with Crippen LogP contribution in [-0.4, -0.2) is 5.78 Å². The first-order chi connectivity index (χ1) is 7.73. The van der Waals surface area contributed by atoms with Crippen molar-refractivity contribution in [3.8, 4) is 0 Å². The largest absolute Gasteiger partial charge is 0.294 e. The van der Waals surface area contributed by atoms with Crippen molar-refractivity contribution >= 4 is 21.7 Å². The minimum atomic E-state index is -0.0103. The van der Waals surface area contributed by atoms with Crippen molar-refractivity contribution in [2.75, 3.05) is 0 Å². The molecule has 0 radical (unpaired) electrons. The molecule has 0 saturated heterocycles. The second kappa shape index (κ2) is 2.79. The molecule has 82 valence electrons. The molecule has 4 rings (SSSR count). The Morgan fingerprint density at radius 2 is 2.06 bits per heavy atom. The molecule has 0 aliphatic heterocycles.